The molecular weight excluding hydrogens is 268 g/mol. The highest BCUT2D eigenvalue weighted by molar-refractivity contribution is 14.1. The SMILES string of the molecule is Nn1c(=O)[nH]c(I)c(F)c1=O. The first kappa shape index (κ1) is 8.24. The van der Waals surface area contributed by atoms with Crippen LogP contribution in [0.5, 0.6) is 0 Å². The number of nitrogen functional groups attached to an aromatic ring is 1. The fourth-order valence-corrected chi connectivity index (χ4v) is 0.962. The third kappa shape index (κ3) is 1.27. The summed E-state index contributed by atoms with van der Waals surface area (Å²) in [5, 5.41) is 0. The van der Waals surface area contributed by atoms with Gasteiger partial charge < -0.3 is 5.84 Å². The lowest BCUT2D eigenvalue weighted by Gasteiger charge is -1.96. The average molecular weight is 271 g/mol. The van der Waals surface area contributed by atoms with Gasteiger partial charge in [-0.05, 0) is 22.6 Å². The van der Waals surface area contributed by atoms with E-state index in [2.05, 4.69) is 0 Å². The first-order valence-electron chi connectivity index (χ1n) is 2.49. The monoisotopic (exact) mass is 271 g/mol. The molecule has 1 rings (SSSR count). The van der Waals surface area contributed by atoms with Crippen molar-refractivity contribution in [2.75, 3.05) is 5.84 Å². The highest BCUT2D eigenvalue weighted by atomic mass is 127. The van der Waals surface area contributed by atoms with Crippen LogP contribution < -0.4 is 17.1 Å². The number of nitrogens with two attached hydrogens (primary N) is 1. The molecule has 0 unspecified atom stereocenters. The van der Waals surface area contributed by atoms with E-state index in [0.717, 1.165) is 0 Å². The van der Waals surface area contributed by atoms with Gasteiger partial charge >= 0.3 is 11.2 Å². The topological polar surface area (TPSA) is 80.9 Å². The van der Waals surface area contributed by atoms with Crippen LogP contribution in [-0.2, 0) is 0 Å². The number of aromatic nitrogens is 2. The van der Waals surface area contributed by atoms with Gasteiger partial charge in [0.1, 0.15) is 3.70 Å². The molecule has 0 fully saturated rings. The molecule has 0 aliphatic heterocycles. The summed E-state index contributed by atoms with van der Waals surface area (Å²) >= 11 is 1.49. The van der Waals surface area contributed by atoms with Crippen molar-refractivity contribution in [1.82, 2.24) is 9.66 Å². The zero-order valence-corrected chi connectivity index (χ0v) is 7.25. The van der Waals surface area contributed by atoms with E-state index in [1.807, 2.05) is 4.98 Å². The zero-order valence-electron chi connectivity index (χ0n) is 5.10. The Hall–Kier alpha value is -0.860. The summed E-state index contributed by atoms with van der Waals surface area (Å²) in [6, 6.07) is 0. The molecule has 60 valence electrons. The maximum absolute atomic E-state index is 12.6. The van der Waals surface area contributed by atoms with Crippen LogP contribution in [0, 0.1) is 9.52 Å². The van der Waals surface area contributed by atoms with Gasteiger partial charge in [0.15, 0.2) is 0 Å². The lowest BCUT2D eigenvalue weighted by Crippen LogP contribution is -2.43. The molecule has 0 bridgehead atoms. The maximum Gasteiger partial charge on any atom is 0.348 e. The summed E-state index contributed by atoms with van der Waals surface area (Å²) in [7, 11) is 0. The van der Waals surface area contributed by atoms with E-state index in [-0.39, 0.29) is 8.38 Å². The minimum Gasteiger partial charge on any atom is -0.332 e. The molecule has 0 saturated heterocycles. The molecule has 7 heteroatoms. The molecule has 0 atom stereocenters. The van der Waals surface area contributed by atoms with Crippen LogP contribution >= 0.6 is 22.6 Å². The third-order valence-corrected chi connectivity index (χ3v) is 1.78. The largest absolute Gasteiger partial charge is 0.348 e. The second-order valence-electron chi connectivity index (χ2n) is 1.73. The van der Waals surface area contributed by atoms with E-state index in [1.54, 1.807) is 0 Å². The van der Waals surface area contributed by atoms with Crippen LogP contribution in [0.25, 0.3) is 0 Å². The number of halogens is 2. The smallest absolute Gasteiger partial charge is 0.332 e. The summed E-state index contributed by atoms with van der Waals surface area (Å²) in [6.45, 7) is 0. The molecule has 0 aromatic carbocycles. The number of hydrogen-bond donors (Lipinski definition) is 2. The fraction of sp³-hybridized carbons (Fsp3) is 0. The normalized spacial score (nSPS) is 10.0. The lowest BCUT2D eigenvalue weighted by atomic mass is 10.6. The molecule has 1 heterocycles. The van der Waals surface area contributed by atoms with E-state index in [4.69, 9.17) is 5.84 Å². The molecule has 0 aliphatic carbocycles. The predicted octanol–water partition coefficient (Wildman–Crippen LogP) is -1.01. The molecule has 0 aliphatic rings. The van der Waals surface area contributed by atoms with Crippen molar-refractivity contribution in [3.63, 3.8) is 0 Å². The molecule has 0 saturated carbocycles. The number of H-pyrrole nitrogens is 1. The van der Waals surface area contributed by atoms with E-state index in [9.17, 15) is 14.0 Å². The lowest BCUT2D eigenvalue weighted by molar-refractivity contribution is 0.568. The standard InChI is InChI=1S/C4H3FIN3O2/c5-1-2(6)8-4(11)9(7)3(1)10/h7H2,(H,8,11). The van der Waals surface area contributed by atoms with Gasteiger partial charge in [-0.2, -0.15) is 9.07 Å². The highest BCUT2D eigenvalue weighted by Gasteiger charge is 2.08. The number of rotatable bonds is 0. The summed E-state index contributed by atoms with van der Waals surface area (Å²) in [6.07, 6.45) is 0. The van der Waals surface area contributed by atoms with Crippen LogP contribution in [0.1, 0.15) is 0 Å². The molecule has 0 amide bonds. The Bertz CT molecular complexity index is 395. The second kappa shape index (κ2) is 2.64. The van der Waals surface area contributed by atoms with Gasteiger partial charge in [0.05, 0.1) is 0 Å². The Morgan fingerprint density at radius 1 is 1.55 bits per heavy atom. The number of nitrogens with zero attached hydrogens (tertiary/aromatic N) is 1. The maximum atomic E-state index is 12.6. The molecule has 1 aromatic rings. The van der Waals surface area contributed by atoms with Crippen molar-refractivity contribution >= 4 is 22.6 Å². The number of nitrogens with one attached hydrogen (secondary N) is 1. The van der Waals surface area contributed by atoms with E-state index in [1.165, 1.54) is 22.6 Å². The van der Waals surface area contributed by atoms with Crippen LogP contribution in [0.3, 0.4) is 0 Å². The van der Waals surface area contributed by atoms with Crippen LogP contribution in [0.15, 0.2) is 9.59 Å². The molecule has 11 heavy (non-hydrogen) atoms. The Morgan fingerprint density at radius 2 is 2.09 bits per heavy atom. The first-order chi connectivity index (χ1) is 5.04. The Morgan fingerprint density at radius 3 is 2.64 bits per heavy atom. The third-order valence-electron chi connectivity index (χ3n) is 1.03. The van der Waals surface area contributed by atoms with Crippen molar-refractivity contribution in [2.24, 2.45) is 0 Å². The van der Waals surface area contributed by atoms with E-state index in [0.29, 0.717) is 0 Å². The minimum atomic E-state index is -1.13. The minimum absolute atomic E-state index is 0.140. The van der Waals surface area contributed by atoms with E-state index < -0.39 is 17.1 Å². The first-order valence-corrected chi connectivity index (χ1v) is 3.57. The Labute approximate surface area is 73.1 Å². The molecule has 3 N–H and O–H groups in total. The Balaban J connectivity index is 3.74. The fourth-order valence-electron chi connectivity index (χ4n) is 0.501. The highest BCUT2D eigenvalue weighted by Crippen LogP contribution is 1.97. The molecule has 0 spiro atoms. The summed E-state index contributed by atoms with van der Waals surface area (Å²) in [4.78, 5) is 23.3. The van der Waals surface area contributed by atoms with Crippen molar-refractivity contribution in [3.8, 4) is 0 Å². The van der Waals surface area contributed by atoms with Gasteiger partial charge in [0.2, 0.25) is 5.82 Å². The van der Waals surface area contributed by atoms with Crippen LogP contribution in [0.4, 0.5) is 4.39 Å². The van der Waals surface area contributed by atoms with Gasteiger partial charge in [-0.3, -0.25) is 9.78 Å². The van der Waals surface area contributed by atoms with Gasteiger partial charge in [0.25, 0.3) is 0 Å². The molecule has 1 aromatic heterocycles. The van der Waals surface area contributed by atoms with Gasteiger partial charge in [0, 0.05) is 0 Å². The average Bonchev–Trinajstić information content (AvgIpc) is 1.97. The van der Waals surface area contributed by atoms with Crippen molar-refractivity contribution in [3.05, 3.63) is 30.4 Å². The van der Waals surface area contributed by atoms with Crippen LogP contribution in [0.2, 0.25) is 0 Å². The summed E-state index contributed by atoms with van der Waals surface area (Å²) in [5.41, 5.74) is -1.96. The number of aromatic amines is 1. The van der Waals surface area contributed by atoms with Crippen molar-refractivity contribution < 1.29 is 4.39 Å². The van der Waals surface area contributed by atoms with Gasteiger partial charge in [-0.15, -0.1) is 0 Å². The van der Waals surface area contributed by atoms with E-state index >= 15 is 0 Å². The summed E-state index contributed by atoms with van der Waals surface area (Å²) < 4.78 is 12.6. The summed E-state index contributed by atoms with van der Waals surface area (Å²) in [5.74, 6) is 3.82. The van der Waals surface area contributed by atoms with Gasteiger partial charge in [-0.1, -0.05) is 0 Å². The zero-order chi connectivity index (χ0) is 8.59. The second-order valence-corrected chi connectivity index (χ2v) is 2.81. The predicted molar refractivity (Wildman–Crippen MR) is 44.1 cm³/mol. The van der Waals surface area contributed by atoms with Gasteiger partial charge in [-0.25, -0.2) is 4.79 Å². The number of hydrogen-bond acceptors (Lipinski definition) is 3. The molecule has 0 radical (unpaired) electrons. The Kier molecular flexibility index (Phi) is 1.98. The molecule has 5 nitrogen and oxygen atoms in total. The van der Waals surface area contributed by atoms with Crippen LogP contribution in [-0.4, -0.2) is 9.66 Å². The molecular formula is C4H3FIN3O2. The van der Waals surface area contributed by atoms with Crippen molar-refractivity contribution in [2.45, 2.75) is 0 Å². The van der Waals surface area contributed by atoms with Crippen molar-refractivity contribution in [1.29, 1.82) is 0 Å². The quantitative estimate of drug-likeness (QED) is 0.360.